The molecule has 0 amide bonds. The van der Waals surface area contributed by atoms with Crippen molar-refractivity contribution in [2.75, 3.05) is 10.0 Å². The maximum atomic E-state index is 2.18. The van der Waals surface area contributed by atoms with Crippen molar-refractivity contribution in [2.24, 2.45) is 0 Å². The zero-order chi connectivity index (χ0) is 14.8. The van der Waals surface area contributed by atoms with E-state index in [9.17, 15) is 0 Å². The molecule has 0 unspecified atom stereocenters. The topological polar surface area (TPSA) is 6.48 Å². The van der Waals surface area contributed by atoms with Crippen molar-refractivity contribution in [1.29, 1.82) is 0 Å². The minimum Gasteiger partial charge on any atom is -0.256 e. The maximum absolute atomic E-state index is 2.18. The summed E-state index contributed by atoms with van der Waals surface area (Å²) in [4.78, 5) is 0. The lowest BCUT2D eigenvalue weighted by atomic mass is 10.2. The van der Waals surface area contributed by atoms with Gasteiger partial charge in [-0.25, -0.2) is 0 Å². The van der Waals surface area contributed by atoms with Crippen molar-refractivity contribution >= 4 is 23.8 Å². The highest BCUT2D eigenvalue weighted by Gasteiger charge is 2.15. The molecule has 106 valence electrons. The fourth-order valence-corrected chi connectivity index (χ4v) is 2.69. The van der Waals surface area contributed by atoms with E-state index in [1.807, 2.05) is 12.1 Å². The van der Waals surface area contributed by atoms with Crippen LogP contribution < -0.4 is 20.5 Å². The van der Waals surface area contributed by atoms with Gasteiger partial charge in [-0.05, 0) is 24.3 Å². The van der Waals surface area contributed by atoms with Crippen molar-refractivity contribution in [2.45, 2.75) is 0 Å². The normalized spacial score (nSPS) is 13.1. The monoisotopic (exact) mass is 284 g/mol. The van der Waals surface area contributed by atoms with E-state index in [4.69, 9.17) is 0 Å². The zero-order valence-electron chi connectivity index (χ0n) is 12.1. The van der Waals surface area contributed by atoms with Crippen LogP contribution >= 0.6 is 0 Å². The number of hydrazine groups is 1. The molecule has 4 rings (SSSR count). The third-order valence-electron chi connectivity index (χ3n) is 3.79. The van der Waals surface area contributed by atoms with E-state index in [2.05, 4.69) is 95.2 Å². The average molecular weight is 284 g/mol. The predicted molar refractivity (Wildman–Crippen MR) is 92.5 cm³/mol. The van der Waals surface area contributed by atoms with Crippen LogP contribution in [0.4, 0.5) is 11.4 Å². The fraction of sp³-hybridized carbons (Fsp3) is 0. The summed E-state index contributed by atoms with van der Waals surface area (Å²) in [6, 6.07) is 29.2. The first-order chi connectivity index (χ1) is 10.9. The third kappa shape index (κ3) is 2.25. The molecule has 1 heterocycles. The Morgan fingerprint density at radius 1 is 0.409 bits per heavy atom. The van der Waals surface area contributed by atoms with E-state index in [1.54, 1.807) is 0 Å². The lowest BCUT2D eigenvalue weighted by molar-refractivity contribution is 1.03. The predicted octanol–water partition coefficient (Wildman–Crippen LogP) is 3.10. The summed E-state index contributed by atoms with van der Waals surface area (Å²) in [5, 5.41) is 6.80. The third-order valence-corrected chi connectivity index (χ3v) is 3.79. The molecule has 3 aromatic carbocycles. The largest absolute Gasteiger partial charge is 0.256 e. The quantitative estimate of drug-likeness (QED) is 0.713. The van der Waals surface area contributed by atoms with E-state index in [1.165, 1.54) is 10.4 Å². The zero-order valence-corrected chi connectivity index (χ0v) is 12.1. The van der Waals surface area contributed by atoms with Crippen LogP contribution in [-0.4, -0.2) is 0 Å². The second-order valence-electron chi connectivity index (χ2n) is 5.25. The molecule has 2 heteroatoms. The molecule has 1 aliphatic rings. The van der Waals surface area contributed by atoms with Gasteiger partial charge >= 0.3 is 0 Å². The Balaban J connectivity index is 1.92. The number of para-hydroxylation sites is 2. The van der Waals surface area contributed by atoms with Crippen LogP contribution in [-0.2, 0) is 0 Å². The van der Waals surface area contributed by atoms with Gasteiger partial charge in [-0.15, -0.1) is 0 Å². The molecule has 0 saturated carbocycles. The number of rotatable bonds is 2. The Kier molecular flexibility index (Phi) is 3.13. The van der Waals surface area contributed by atoms with Crippen molar-refractivity contribution in [3.8, 4) is 0 Å². The molecular weight excluding hydrogens is 268 g/mol. The highest BCUT2D eigenvalue weighted by Crippen LogP contribution is 2.24. The van der Waals surface area contributed by atoms with Gasteiger partial charge in [-0.3, -0.25) is 10.0 Å². The van der Waals surface area contributed by atoms with Gasteiger partial charge in [0.05, 0.1) is 11.4 Å². The Morgan fingerprint density at radius 2 is 0.773 bits per heavy atom. The number of nitrogens with zero attached hydrogens (tertiary/aromatic N) is 2. The average Bonchev–Trinajstić information content (AvgIpc) is 2.62. The maximum Gasteiger partial charge on any atom is 0.0629 e. The molecule has 2 nitrogen and oxygen atoms in total. The van der Waals surface area contributed by atoms with Crippen molar-refractivity contribution in [1.82, 2.24) is 0 Å². The second kappa shape index (κ2) is 5.41. The summed E-state index contributed by atoms with van der Waals surface area (Å²) in [5.41, 5.74) is 2.27. The van der Waals surface area contributed by atoms with E-state index >= 15 is 0 Å². The number of hydrogen-bond donors (Lipinski definition) is 0. The van der Waals surface area contributed by atoms with Crippen molar-refractivity contribution < 1.29 is 0 Å². The van der Waals surface area contributed by atoms with Gasteiger partial charge in [-0.1, -0.05) is 60.7 Å². The summed E-state index contributed by atoms with van der Waals surface area (Å²) in [6.07, 6.45) is 4.36. The Bertz CT molecular complexity index is 809. The number of hydrogen-bond acceptors (Lipinski definition) is 2. The highest BCUT2D eigenvalue weighted by molar-refractivity contribution is 5.75. The molecule has 0 fully saturated rings. The first-order valence-electron chi connectivity index (χ1n) is 7.39. The summed E-state index contributed by atoms with van der Waals surface area (Å²) < 4.78 is 0. The Labute approximate surface area is 129 Å². The van der Waals surface area contributed by atoms with Gasteiger partial charge in [0.1, 0.15) is 0 Å². The minimum absolute atomic E-state index is 1.14. The fourth-order valence-electron chi connectivity index (χ4n) is 2.69. The molecule has 3 aromatic rings. The van der Waals surface area contributed by atoms with Crippen LogP contribution in [0.2, 0.25) is 0 Å². The molecule has 0 spiro atoms. The molecule has 0 aromatic heterocycles. The lowest BCUT2D eigenvalue weighted by Crippen LogP contribution is -2.45. The number of fused-ring (bicyclic) bond motifs is 1. The van der Waals surface area contributed by atoms with Crippen LogP contribution in [0, 0.1) is 0 Å². The van der Waals surface area contributed by atoms with Gasteiger partial charge in [0.15, 0.2) is 0 Å². The first-order valence-corrected chi connectivity index (χ1v) is 7.39. The summed E-state index contributed by atoms with van der Waals surface area (Å²) >= 11 is 0. The van der Waals surface area contributed by atoms with Crippen molar-refractivity contribution in [3.63, 3.8) is 0 Å². The molecule has 0 radical (unpaired) electrons. The molecule has 0 atom stereocenters. The lowest BCUT2D eigenvalue weighted by Gasteiger charge is -2.35. The minimum atomic E-state index is 1.14. The van der Waals surface area contributed by atoms with Gasteiger partial charge in [-0.2, -0.15) is 0 Å². The highest BCUT2D eigenvalue weighted by atomic mass is 15.6. The molecule has 0 bridgehead atoms. The van der Waals surface area contributed by atoms with Crippen LogP contribution in [0.5, 0.6) is 0 Å². The first kappa shape index (κ1) is 12.7. The molecule has 0 saturated heterocycles. The number of benzene rings is 3. The van der Waals surface area contributed by atoms with E-state index in [-0.39, 0.29) is 0 Å². The molecule has 0 N–H and O–H groups in total. The van der Waals surface area contributed by atoms with E-state index < -0.39 is 0 Å². The number of anilines is 2. The Hall–Kier alpha value is -3.00. The van der Waals surface area contributed by atoms with E-state index in [0.717, 1.165) is 11.4 Å². The van der Waals surface area contributed by atoms with Crippen molar-refractivity contribution in [3.05, 3.63) is 95.4 Å². The molecular formula is C20H16N2. The SMILES string of the molecule is C1=c2ccccc2=CN(c2ccccc2)N1c1ccccc1. The van der Waals surface area contributed by atoms with E-state index in [0.29, 0.717) is 0 Å². The standard InChI is InChI=1S/C20H16N2/c1-3-11-19(12-4-1)21-15-17-9-7-8-10-18(17)16-22(21)20-13-5-2-6-14-20/h1-16H. The van der Waals surface area contributed by atoms with Crippen LogP contribution in [0.15, 0.2) is 84.9 Å². The second-order valence-corrected chi connectivity index (χ2v) is 5.25. The Morgan fingerprint density at radius 3 is 1.18 bits per heavy atom. The van der Waals surface area contributed by atoms with Crippen LogP contribution in [0.1, 0.15) is 0 Å². The van der Waals surface area contributed by atoms with Crippen LogP contribution in [0.3, 0.4) is 0 Å². The van der Waals surface area contributed by atoms with Gasteiger partial charge < -0.3 is 0 Å². The smallest absolute Gasteiger partial charge is 0.0629 e. The summed E-state index contributed by atoms with van der Waals surface area (Å²) in [7, 11) is 0. The van der Waals surface area contributed by atoms with Gasteiger partial charge in [0, 0.05) is 22.8 Å². The molecule has 22 heavy (non-hydrogen) atoms. The van der Waals surface area contributed by atoms with Gasteiger partial charge in [0.25, 0.3) is 0 Å². The molecule has 1 aliphatic heterocycles. The summed E-state index contributed by atoms with van der Waals surface area (Å²) in [6.45, 7) is 0. The van der Waals surface area contributed by atoms with Gasteiger partial charge in [0.2, 0.25) is 0 Å². The van der Waals surface area contributed by atoms with Crippen LogP contribution in [0.25, 0.3) is 12.4 Å². The molecule has 0 aliphatic carbocycles. The summed E-state index contributed by atoms with van der Waals surface area (Å²) in [5.74, 6) is 0.